The van der Waals surface area contributed by atoms with Crippen molar-refractivity contribution in [2.75, 3.05) is 46.4 Å². The zero-order valence-corrected chi connectivity index (χ0v) is 15.4. The van der Waals surface area contributed by atoms with Gasteiger partial charge in [-0.25, -0.2) is 0 Å². The van der Waals surface area contributed by atoms with Crippen molar-refractivity contribution in [1.82, 2.24) is 9.80 Å². The summed E-state index contributed by atoms with van der Waals surface area (Å²) in [5.41, 5.74) is 2.14. The van der Waals surface area contributed by atoms with Gasteiger partial charge in [0, 0.05) is 57.1 Å². The highest BCUT2D eigenvalue weighted by Gasteiger charge is 2.16. The summed E-state index contributed by atoms with van der Waals surface area (Å²) in [5, 5.41) is 7.36. The predicted octanol–water partition coefficient (Wildman–Crippen LogP) is 2.89. The van der Waals surface area contributed by atoms with E-state index < -0.39 is 0 Å². The predicted molar refractivity (Wildman–Crippen MR) is 105 cm³/mol. The molecule has 3 rings (SSSR count). The largest absolute Gasteiger partial charge is 0.496 e. The summed E-state index contributed by atoms with van der Waals surface area (Å²) in [6, 6.07) is 16.2. The molecule has 1 aliphatic rings. The molecule has 2 aromatic rings. The quantitative estimate of drug-likeness (QED) is 0.742. The number of rotatable bonds is 8. The summed E-state index contributed by atoms with van der Waals surface area (Å²) in [6.07, 6.45) is 1.29. The topological polar surface area (TPSA) is 48.8 Å². The molecular weight excluding hydrogens is 326 g/mol. The van der Waals surface area contributed by atoms with Crippen LogP contribution in [0.25, 0.3) is 0 Å². The van der Waals surface area contributed by atoms with E-state index in [9.17, 15) is 0 Å². The Labute approximate surface area is 155 Å². The summed E-state index contributed by atoms with van der Waals surface area (Å²) in [6.45, 7) is 6.95. The van der Waals surface area contributed by atoms with Gasteiger partial charge < -0.3 is 14.9 Å². The van der Waals surface area contributed by atoms with E-state index in [1.54, 1.807) is 7.11 Å². The first-order valence-electron chi connectivity index (χ1n) is 9.08. The van der Waals surface area contributed by atoms with E-state index in [-0.39, 0.29) is 0 Å². The molecule has 5 heteroatoms. The fraction of sp³-hybridized carbons (Fsp3) is 0.381. The zero-order chi connectivity index (χ0) is 18.2. The van der Waals surface area contributed by atoms with Crippen molar-refractivity contribution < 1.29 is 9.47 Å². The van der Waals surface area contributed by atoms with Gasteiger partial charge >= 0.3 is 0 Å². The van der Waals surface area contributed by atoms with E-state index in [1.165, 1.54) is 11.8 Å². The second-order valence-electron chi connectivity index (χ2n) is 6.50. The molecule has 1 N–H and O–H groups in total. The normalized spacial score (nSPS) is 15.6. The van der Waals surface area contributed by atoms with Crippen LogP contribution < -0.4 is 9.47 Å². The lowest BCUT2D eigenvalue weighted by Gasteiger charge is -2.34. The van der Waals surface area contributed by atoms with Crippen LogP contribution in [-0.2, 0) is 6.54 Å². The van der Waals surface area contributed by atoms with Crippen molar-refractivity contribution in [2.45, 2.75) is 6.54 Å². The van der Waals surface area contributed by atoms with Gasteiger partial charge in [0.25, 0.3) is 0 Å². The standard InChI is InChI=1S/C21H27N3O2/c1-25-21-15-20(8-7-19(21)16-22)26-14-13-23-9-11-24(12-10-23)17-18-5-3-2-4-6-18/h2-8,15-16,22H,9-14,17H2,1H3. The SMILES string of the molecule is COc1cc(OCCN2CCN(Cc3ccccc3)CC2)ccc1C=N. The summed E-state index contributed by atoms with van der Waals surface area (Å²) < 4.78 is 11.1. The summed E-state index contributed by atoms with van der Waals surface area (Å²) >= 11 is 0. The summed E-state index contributed by atoms with van der Waals surface area (Å²) in [4.78, 5) is 4.96. The molecule has 26 heavy (non-hydrogen) atoms. The lowest BCUT2D eigenvalue weighted by molar-refractivity contribution is 0.112. The van der Waals surface area contributed by atoms with Crippen molar-refractivity contribution >= 4 is 6.21 Å². The number of hydrogen-bond donors (Lipinski definition) is 1. The van der Waals surface area contributed by atoms with Gasteiger partial charge in [-0.05, 0) is 17.7 Å². The molecule has 0 atom stereocenters. The van der Waals surface area contributed by atoms with Crippen LogP contribution in [-0.4, -0.2) is 62.5 Å². The highest BCUT2D eigenvalue weighted by molar-refractivity contribution is 5.81. The molecule has 1 aliphatic heterocycles. The first kappa shape index (κ1) is 18.4. The van der Waals surface area contributed by atoms with Crippen molar-refractivity contribution in [3.05, 3.63) is 59.7 Å². The van der Waals surface area contributed by atoms with Gasteiger partial charge in [0.1, 0.15) is 18.1 Å². The Morgan fingerprint density at radius 3 is 2.42 bits per heavy atom. The molecule has 0 spiro atoms. The molecule has 0 aromatic heterocycles. The van der Waals surface area contributed by atoms with Crippen molar-refractivity contribution in [1.29, 1.82) is 5.41 Å². The number of methoxy groups -OCH3 is 1. The van der Waals surface area contributed by atoms with Gasteiger partial charge in [-0.1, -0.05) is 30.3 Å². The lowest BCUT2D eigenvalue weighted by Crippen LogP contribution is -2.47. The average molecular weight is 353 g/mol. The Hall–Kier alpha value is -2.37. The van der Waals surface area contributed by atoms with Crippen LogP contribution in [0.4, 0.5) is 0 Å². The molecule has 0 saturated carbocycles. The van der Waals surface area contributed by atoms with Gasteiger partial charge in [0.15, 0.2) is 0 Å². The van der Waals surface area contributed by atoms with E-state index >= 15 is 0 Å². The molecule has 2 aromatic carbocycles. The zero-order valence-electron chi connectivity index (χ0n) is 15.4. The van der Waals surface area contributed by atoms with E-state index in [1.807, 2.05) is 18.2 Å². The Bertz CT molecular complexity index is 698. The molecule has 0 unspecified atom stereocenters. The molecule has 138 valence electrons. The first-order valence-corrected chi connectivity index (χ1v) is 9.08. The number of piperazine rings is 1. The fourth-order valence-electron chi connectivity index (χ4n) is 3.21. The van der Waals surface area contributed by atoms with Crippen LogP contribution in [0.3, 0.4) is 0 Å². The van der Waals surface area contributed by atoms with E-state index in [0.717, 1.165) is 50.6 Å². The van der Waals surface area contributed by atoms with Gasteiger partial charge in [0.2, 0.25) is 0 Å². The minimum absolute atomic E-state index is 0.659. The van der Waals surface area contributed by atoms with E-state index in [0.29, 0.717) is 12.4 Å². The van der Waals surface area contributed by atoms with Crippen LogP contribution in [0.2, 0.25) is 0 Å². The molecule has 0 aliphatic carbocycles. The third-order valence-electron chi connectivity index (χ3n) is 4.75. The molecule has 1 saturated heterocycles. The fourth-order valence-corrected chi connectivity index (χ4v) is 3.21. The molecular formula is C21H27N3O2. The minimum atomic E-state index is 0.659. The van der Waals surface area contributed by atoms with Crippen LogP contribution >= 0.6 is 0 Å². The maximum Gasteiger partial charge on any atom is 0.131 e. The van der Waals surface area contributed by atoms with E-state index in [4.69, 9.17) is 14.9 Å². The van der Waals surface area contributed by atoms with E-state index in [2.05, 4.69) is 40.1 Å². The van der Waals surface area contributed by atoms with Crippen LogP contribution in [0.15, 0.2) is 48.5 Å². The number of hydrogen-bond acceptors (Lipinski definition) is 5. The second-order valence-corrected chi connectivity index (χ2v) is 6.50. The average Bonchev–Trinajstić information content (AvgIpc) is 2.70. The molecule has 0 radical (unpaired) electrons. The Morgan fingerprint density at radius 1 is 1.00 bits per heavy atom. The Morgan fingerprint density at radius 2 is 1.73 bits per heavy atom. The maximum absolute atomic E-state index is 7.36. The second kappa shape index (κ2) is 9.36. The first-order chi connectivity index (χ1) is 12.8. The minimum Gasteiger partial charge on any atom is -0.496 e. The van der Waals surface area contributed by atoms with Crippen LogP contribution in [0, 0.1) is 5.41 Å². The van der Waals surface area contributed by atoms with Gasteiger partial charge in [0.05, 0.1) is 7.11 Å². The highest BCUT2D eigenvalue weighted by atomic mass is 16.5. The summed E-state index contributed by atoms with van der Waals surface area (Å²) in [5.74, 6) is 1.46. The Kier molecular flexibility index (Phi) is 6.63. The maximum atomic E-state index is 7.36. The van der Waals surface area contributed by atoms with Crippen LogP contribution in [0.5, 0.6) is 11.5 Å². The lowest BCUT2D eigenvalue weighted by atomic mass is 10.2. The van der Waals surface area contributed by atoms with Crippen molar-refractivity contribution in [3.8, 4) is 11.5 Å². The van der Waals surface area contributed by atoms with Gasteiger partial charge in [-0.15, -0.1) is 0 Å². The van der Waals surface area contributed by atoms with Crippen molar-refractivity contribution in [3.63, 3.8) is 0 Å². The molecule has 0 bridgehead atoms. The Balaban J connectivity index is 1.39. The molecule has 0 amide bonds. The monoisotopic (exact) mass is 353 g/mol. The van der Waals surface area contributed by atoms with Crippen molar-refractivity contribution in [2.24, 2.45) is 0 Å². The summed E-state index contributed by atoms with van der Waals surface area (Å²) in [7, 11) is 1.61. The smallest absolute Gasteiger partial charge is 0.131 e. The molecule has 1 heterocycles. The van der Waals surface area contributed by atoms with Gasteiger partial charge in [-0.2, -0.15) is 0 Å². The van der Waals surface area contributed by atoms with Crippen LogP contribution in [0.1, 0.15) is 11.1 Å². The highest BCUT2D eigenvalue weighted by Crippen LogP contribution is 2.23. The van der Waals surface area contributed by atoms with Gasteiger partial charge in [-0.3, -0.25) is 9.80 Å². The molecule has 1 fully saturated rings. The number of ether oxygens (including phenoxy) is 2. The third kappa shape index (κ3) is 5.07. The third-order valence-corrected chi connectivity index (χ3v) is 4.75. The number of benzene rings is 2. The number of nitrogens with zero attached hydrogens (tertiary/aromatic N) is 2. The molecule has 5 nitrogen and oxygen atoms in total. The number of nitrogens with one attached hydrogen (secondary N) is 1.